The summed E-state index contributed by atoms with van der Waals surface area (Å²) in [6.07, 6.45) is 3.04. The Morgan fingerprint density at radius 3 is 2.48 bits per heavy atom. The molecular formula is C21H28FN3O3S. The Labute approximate surface area is 172 Å². The second-order valence-electron chi connectivity index (χ2n) is 8.50. The summed E-state index contributed by atoms with van der Waals surface area (Å²) < 4.78 is 45.2. The zero-order chi connectivity index (χ0) is 21.2. The molecule has 1 aromatic heterocycles. The van der Waals surface area contributed by atoms with Gasteiger partial charge in [0.15, 0.2) is 15.7 Å². The van der Waals surface area contributed by atoms with Crippen LogP contribution in [0.25, 0.3) is 0 Å². The molecule has 0 unspecified atom stereocenters. The number of anilines is 1. The molecule has 3 rings (SSSR count). The van der Waals surface area contributed by atoms with Gasteiger partial charge >= 0.3 is 0 Å². The number of ether oxygens (including phenoxy) is 1. The summed E-state index contributed by atoms with van der Waals surface area (Å²) >= 11 is 0. The molecule has 0 radical (unpaired) electrons. The first-order valence-electron chi connectivity index (χ1n) is 9.80. The number of benzene rings is 1. The molecule has 8 heteroatoms. The van der Waals surface area contributed by atoms with Gasteiger partial charge in [-0.25, -0.2) is 22.8 Å². The molecule has 0 bridgehead atoms. The Hall–Kier alpha value is -2.22. The normalized spacial score (nSPS) is 16.1. The quantitative estimate of drug-likeness (QED) is 0.731. The van der Waals surface area contributed by atoms with Crippen molar-refractivity contribution in [3.63, 3.8) is 0 Å². The van der Waals surface area contributed by atoms with Gasteiger partial charge in [0.1, 0.15) is 16.3 Å². The molecule has 1 saturated heterocycles. The van der Waals surface area contributed by atoms with Gasteiger partial charge < -0.3 is 9.64 Å². The Kier molecular flexibility index (Phi) is 6.12. The van der Waals surface area contributed by atoms with Gasteiger partial charge in [-0.1, -0.05) is 12.1 Å². The third kappa shape index (κ3) is 5.44. The molecule has 0 aliphatic carbocycles. The van der Waals surface area contributed by atoms with Crippen molar-refractivity contribution < 1.29 is 17.5 Å². The molecule has 6 nitrogen and oxygen atoms in total. The molecule has 29 heavy (non-hydrogen) atoms. The zero-order valence-electron chi connectivity index (χ0n) is 17.4. The minimum Gasteiger partial charge on any atom is -0.469 e. The number of piperidine rings is 1. The van der Waals surface area contributed by atoms with E-state index in [1.54, 1.807) is 12.3 Å². The number of rotatable bonds is 5. The molecule has 2 aromatic rings. The predicted molar refractivity (Wildman–Crippen MR) is 111 cm³/mol. The lowest BCUT2D eigenvalue weighted by Gasteiger charge is -2.34. The molecule has 0 amide bonds. The number of nitrogens with zero attached hydrogens (tertiary/aromatic N) is 3. The SMILES string of the molecule is Cc1cnc(OC(C)(C)C)c(N2CCC(CS(=O)(=O)c3ccccc3F)CC2)n1. The van der Waals surface area contributed by atoms with E-state index in [4.69, 9.17) is 4.74 Å². The van der Waals surface area contributed by atoms with Gasteiger partial charge in [-0.2, -0.15) is 0 Å². The largest absolute Gasteiger partial charge is 0.469 e. The topological polar surface area (TPSA) is 72.4 Å². The van der Waals surface area contributed by atoms with Crippen LogP contribution in [0.3, 0.4) is 0 Å². The van der Waals surface area contributed by atoms with Crippen molar-refractivity contribution in [3.05, 3.63) is 42.0 Å². The Morgan fingerprint density at radius 1 is 1.21 bits per heavy atom. The molecule has 0 spiro atoms. The van der Waals surface area contributed by atoms with Crippen LogP contribution >= 0.6 is 0 Å². The van der Waals surface area contributed by atoms with Crippen LogP contribution in [0.4, 0.5) is 10.2 Å². The van der Waals surface area contributed by atoms with Gasteiger partial charge in [-0.05, 0) is 58.6 Å². The summed E-state index contributed by atoms with van der Waals surface area (Å²) in [4.78, 5) is 10.9. The van der Waals surface area contributed by atoms with Crippen LogP contribution in [-0.4, -0.2) is 42.8 Å². The second-order valence-corrected chi connectivity index (χ2v) is 10.5. The van der Waals surface area contributed by atoms with Crippen LogP contribution in [0.2, 0.25) is 0 Å². The van der Waals surface area contributed by atoms with Crippen LogP contribution in [0, 0.1) is 18.7 Å². The molecular weight excluding hydrogens is 393 g/mol. The van der Waals surface area contributed by atoms with E-state index in [-0.39, 0.29) is 16.6 Å². The third-order valence-electron chi connectivity index (χ3n) is 4.79. The molecule has 2 heterocycles. The van der Waals surface area contributed by atoms with Gasteiger partial charge in [0, 0.05) is 13.1 Å². The van der Waals surface area contributed by atoms with E-state index in [0.717, 1.165) is 5.69 Å². The van der Waals surface area contributed by atoms with Crippen molar-refractivity contribution in [1.82, 2.24) is 9.97 Å². The minimum atomic E-state index is -3.66. The van der Waals surface area contributed by atoms with Crippen LogP contribution in [0.1, 0.15) is 39.3 Å². The van der Waals surface area contributed by atoms with Gasteiger partial charge in [0.05, 0.1) is 17.6 Å². The summed E-state index contributed by atoms with van der Waals surface area (Å²) in [5.74, 6) is 0.410. The molecule has 0 N–H and O–H groups in total. The van der Waals surface area contributed by atoms with Crippen molar-refractivity contribution in [2.24, 2.45) is 5.92 Å². The highest BCUT2D eigenvalue weighted by Crippen LogP contribution is 2.31. The number of aromatic nitrogens is 2. The maximum atomic E-state index is 13.9. The summed E-state index contributed by atoms with van der Waals surface area (Å²) in [5.41, 5.74) is 0.399. The lowest BCUT2D eigenvalue weighted by atomic mass is 9.99. The standard InChI is InChI=1S/C21H28FN3O3S/c1-15-13-23-20(28-21(2,3)4)19(24-15)25-11-9-16(10-12-25)14-29(26,27)18-8-6-5-7-17(18)22/h5-8,13,16H,9-12,14H2,1-4H3. The summed E-state index contributed by atoms with van der Waals surface area (Å²) in [7, 11) is -3.66. The average molecular weight is 422 g/mol. The maximum Gasteiger partial charge on any atom is 0.258 e. The monoisotopic (exact) mass is 421 g/mol. The van der Waals surface area contributed by atoms with Crippen LogP contribution < -0.4 is 9.64 Å². The van der Waals surface area contributed by atoms with Gasteiger partial charge in [0.2, 0.25) is 0 Å². The average Bonchev–Trinajstić information content (AvgIpc) is 2.63. The van der Waals surface area contributed by atoms with Crippen molar-refractivity contribution in [1.29, 1.82) is 0 Å². The van der Waals surface area contributed by atoms with Crippen molar-refractivity contribution in [3.8, 4) is 5.88 Å². The van der Waals surface area contributed by atoms with E-state index in [0.29, 0.717) is 37.6 Å². The van der Waals surface area contributed by atoms with E-state index < -0.39 is 21.3 Å². The maximum absolute atomic E-state index is 13.9. The van der Waals surface area contributed by atoms with E-state index >= 15 is 0 Å². The number of hydrogen-bond acceptors (Lipinski definition) is 6. The van der Waals surface area contributed by atoms with Crippen LogP contribution in [-0.2, 0) is 9.84 Å². The van der Waals surface area contributed by atoms with E-state index in [1.807, 2.05) is 27.7 Å². The Bertz CT molecular complexity index is 965. The van der Waals surface area contributed by atoms with Gasteiger partial charge in [-0.3, -0.25) is 0 Å². The number of sulfone groups is 1. The highest BCUT2D eigenvalue weighted by atomic mass is 32.2. The van der Waals surface area contributed by atoms with E-state index in [9.17, 15) is 12.8 Å². The molecule has 1 fully saturated rings. The second kappa shape index (κ2) is 8.26. The van der Waals surface area contributed by atoms with Crippen LogP contribution in [0.15, 0.2) is 35.4 Å². The molecule has 0 saturated carbocycles. The fourth-order valence-electron chi connectivity index (χ4n) is 3.43. The predicted octanol–water partition coefficient (Wildman–Crippen LogP) is 3.79. The van der Waals surface area contributed by atoms with Crippen molar-refractivity contribution in [2.75, 3.05) is 23.7 Å². The lowest BCUT2D eigenvalue weighted by Crippen LogP contribution is -2.37. The fraction of sp³-hybridized carbons (Fsp3) is 0.524. The van der Waals surface area contributed by atoms with Crippen LogP contribution in [0.5, 0.6) is 5.88 Å². The van der Waals surface area contributed by atoms with Crippen molar-refractivity contribution in [2.45, 2.75) is 51.0 Å². The Morgan fingerprint density at radius 2 is 1.86 bits per heavy atom. The Balaban J connectivity index is 1.70. The molecule has 158 valence electrons. The third-order valence-corrected chi connectivity index (χ3v) is 6.70. The summed E-state index contributed by atoms with van der Waals surface area (Å²) in [5, 5.41) is 0. The molecule has 1 aliphatic rings. The zero-order valence-corrected chi connectivity index (χ0v) is 18.2. The summed E-state index contributed by atoms with van der Waals surface area (Å²) in [6, 6.07) is 5.56. The first-order chi connectivity index (χ1) is 13.5. The molecule has 1 aromatic carbocycles. The number of hydrogen-bond donors (Lipinski definition) is 0. The minimum absolute atomic E-state index is 0.0272. The lowest BCUT2D eigenvalue weighted by molar-refractivity contribution is 0.124. The van der Waals surface area contributed by atoms with E-state index in [2.05, 4.69) is 14.9 Å². The number of aryl methyl sites for hydroxylation is 1. The summed E-state index contributed by atoms with van der Waals surface area (Å²) in [6.45, 7) is 9.05. The van der Waals surface area contributed by atoms with E-state index in [1.165, 1.54) is 18.2 Å². The molecule has 0 atom stereocenters. The first kappa shape index (κ1) is 21.5. The highest BCUT2D eigenvalue weighted by Gasteiger charge is 2.29. The van der Waals surface area contributed by atoms with Gasteiger partial charge in [0.25, 0.3) is 5.88 Å². The highest BCUT2D eigenvalue weighted by molar-refractivity contribution is 7.91. The molecule has 1 aliphatic heterocycles. The fourth-order valence-corrected chi connectivity index (χ4v) is 5.21. The number of halogens is 1. The van der Waals surface area contributed by atoms with Gasteiger partial charge in [-0.15, -0.1) is 0 Å². The van der Waals surface area contributed by atoms with Crippen molar-refractivity contribution >= 4 is 15.7 Å². The smallest absolute Gasteiger partial charge is 0.258 e. The first-order valence-corrected chi connectivity index (χ1v) is 11.5.